The molecule has 0 N–H and O–H groups in total. The van der Waals surface area contributed by atoms with E-state index < -0.39 is 15.6 Å². The Hall–Kier alpha value is -0.938. The van der Waals surface area contributed by atoms with E-state index in [-0.39, 0.29) is 0 Å². The summed E-state index contributed by atoms with van der Waals surface area (Å²) in [5.74, 6) is 1.56. The van der Waals surface area contributed by atoms with Gasteiger partial charge >= 0.3 is 7.32 Å². The smallest absolute Gasteiger partial charge is 0.498 e. The summed E-state index contributed by atoms with van der Waals surface area (Å²) >= 11 is 0. The highest BCUT2D eigenvalue weighted by Crippen LogP contribution is 2.34. The lowest BCUT2D eigenvalue weighted by molar-refractivity contribution is 0.342. The van der Waals surface area contributed by atoms with Crippen molar-refractivity contribution < 1.29 is 13.7 Å². The molecule has 0 aliphatic carbocycles. The lowest BCUT2D eigenvalue weighted by atomic mass is 10.3. The highest BCUT2D eigenvalue weighted by molar-refractivity contribution is 6.78. The number of benzene rings is 1. The van der Waals surface area contributed by atoms with E-state index in [0.29, 0.717) is 0 Å². The molecule has 0 aromatic heterocycles. The van der Waals surface area contributed by atoms with Gasteiger partial charge in [-0.05, 0) is 30.3 Å². The van der Waals surface area contributed by atoms with Gasteiger partial charge in [-0.15, -0.1) is 0 Å². The maximum atomic E-state index is 6.12. The first kappa shape index (κ1) is 12.5. The molecule has 0 spiro atoms. The van der Waals surface area contributed by atoms with Crippen LogP contribution >= 0.6 is 0 Å². The van der Waals surface area contributed by atoms with Gasteiger partial charge in [0, 0.05) is 0 Å². The minimum atomic E-state index is -1.67. The third kappa shape index (κ3) is 2.50. The molecule has 0 atom stereocenters. The molecule has 0 saturated carbocycles. The van der Waals surface area contributed by atoms with Crippen molar-refractivity contribution in [2.45, 2.75) is 38.9 Å². The Morgan fingerprint density at radius 3 is 1.88 bits per heavy atom. The fraction of sp³-hybridized carbons (Fsp3) is 0.500. The minimum Gasteiger partial charge on any atom is -0.498 e. The summed E-state index contributed by atoms with van der Waals surface area (Å²) in [5.41, 5.74) is 0. The van der Waals surface area contributed by atoms with Crippen molar-refractivity contribution in [2.75, 3.05) is 0 Å². The number of hydrogen-bond donors (Lipinski definition) is 0. The van der Waals surface area contributed by atoms with Crippen LogP contribution in [0, 0.1) is 0 Å². The summed E-state index contributed by atoms with van der Waals surface area (Å²) in [7, 11) is -2.21. The Kier molecular flexibility index (Phi) is 3.79. The second kappa shape index (κ2) is 5.14. The van der Waals surface area contributed by atoms with Crippen LogP contribution in [-0.4, -0.2) is 15.6 Å². The van der Waals surface area contributed by atoms with Gasteiger partial charge in [0.1, 0.15) is 11.5 Å². The van der Waals surface area contributed by atoms with E-state index in [1.54, 1.807) is 0 Å². The maximum Gasteiger partial charge on any atom is 0.777 e. The van der Waals surface area contributed by atoms with Crippen LogP contribution in [0.1, 0.15) is 20.8 Å². The van der Waals surface area contributed by atoms with E-state index in [1.807, 2.05) is 24.3 Å². The molecule has 0 bridgehead atoms. The summed E-state index contributed by atoms with van der Waals surface area (Å²) < 4.78 is 17.4. The predicted octanol–water partition coefficient (Wildman–Crippen LogP) is 3.46. The number of hydrogen-bond acceptors (Lipinski definition) is 3. The standard InChI is InChI=1S/C12H19BO3Si/c1-4-17(5-2,6-3)16-13-14-11-9-7-8-10-12(11)15-13/h7-10H,4-6H2,1-3H3. The molecule has 17 heavy (non-hydrogen) atoms. The third-order valence-electron chi connectivity index (χ3n) is 3.57. The Morgan fingerprint density at radius 2 is 1.47 bits per heavy atom. The Balaban J connectivity index is 2.04. The number of para-hydroxylation sites is 2. The van der Waals surface area contributed by atoms with Crippen molar-refractivity contribution >= 4 is 15.6 Å². The fourth-order valence-corrected chi connectivity index (χ4v) is 4.63. The molecule has 0 unspecified atom stereocenters. The molecule has 1 aliphatic rings. The molecule has 1 aromatic rings. The van der Waals surface area contributed by atoms with E-state index in [2.05, 4.69) is 20.8 Å². The first-order chi connectivity index (χ1) is 8.23. The van der Waals surface area contributed by atoms with Crippen molar-refractivity contribution in [1.29, 1.82) is 0 Å². The van der Waals surface area contributed by atoms with Crippen LogP contribution < -0.4 is 9.31 Å². The zero-order chi connectivity index (χ0) is 12.3. The lowest BCUT2D eigenvalue weighted by Gasteiger charge is -2.28. The fourth-order valence-electron chi connectivity index (χ4n) is 2.13. The second-order valence-electron chi connectivity index (χ2n) is 4.33. The molecule has 1 heterocycles. The normalized spacial score (nSPS) is 14.2. The molecular weight excluding hydrogens is 231 g/mol. The van der Waals surface area contributed by atoms with Crippen molar-refractivity contribution in [3.8, 4) is 11.5 Å². The van der Waals surface area contributed by atoms with E-state index in [1.165, 1.54) is 0 Å². The van der Waals surface area contributed by atoms with E-state index >= 15 is 0 Å². The van der Waals surface area contributed by atoms with Crippen molar-refractivity contribution in [2.24, 2.45) is 0 Å². The summed E-state index contributed by atoms with van der Waals surface area (Å²) in [5, 5.41) is 0. The lowest BCUT2D eigenvalue weighted by Crippen LogP contribution is -2.45. The zero-order valence-electron chi connectivity index (χ0n) is 10.7. The quantitative estimate of drug-likeness (QED) is 0.749. The van der Waals surface area contributed by atoms with Crippen LogP contribution in [0.4, 0.5) is 0 Å². The second-order valence-corrected chi connectivity index (χ2v) is 9.06. The molecule has 0 radical (unpaired) electrons. The highest BCUT2D eigenvalue weighted by Gasteiger charge is 2.43. The zero-order valence-corrected chi connectivity index (χ0v) is 11.7. The van der Waals surface area contributed by atoms with E-state index in [9.17, 15) is 0 Å². The average molecular weight is 250 g/mol. The Bertz CT molecular complexity index is 349. The Morgan fingerprint density at radius 1 is 1.00 bits per heavy atom. The molecule has 5 heteroatoms. The Labute approximate surface area is 104 Å². The molecular formula is C12H19BO3Si. The minimum absolute atomic E-state index is 0.543. The summed E-state index contributed by atoms with van der Waals surface area (Å²) in [4.78, 5) is 0. The van der Waals surface area contributed by atoms with Crippen molar-refractivity contribution in [3.05, 3.63) is 24.3 Å². The van der Waals surface area contributed by atoms with Gasteiger partial charge in [-0.2, -0.15) is 0 Å². The summed E-state index contributed by atoms with van der Waals surface area (Å²) in [6, 6.07) is 11.0. The largest absolute Gasteiger partial charge is 0.777 e. The van der Waals surface area contributed by atoms with Gasteiger partial charge in [0.15, 0.2) is 8.32 Å². The monoisotopic (exact) mass is 250 g/mol. The first-order valence-corrected chi connectivity index (χ1v) is 8.86. The van der Waals surface area contributed by atoms with Gasteiger partial charge in [0.05, 0.1) is 0 Å². The molecule has 1 aliphatic heterocycles. The van der Waals surface area contributed by atoms with Gasteiger partial charge in [-0.3, -0.25) is 0 Å². The van der Waals surface area contributed by atoms with Crippen LogP contribution in [-0.2, 0) is 4.34 Å². The molecule has 92 valence electrons. The topological polar surface area (TPSA) is 27.7 Å². The van der Waals surface area contributed by atoms with Crippen LogP contribution in [0.5, 0.6) is 11.5 Å². The van der Waals surface area contributed by atoms with Crippen LogP contribution in [0.3, 0.4) is 0 Å². The number of rotatable bonds is 5. The average Bonchev–Trinajstić information content (AvgIpc) is 2.78. The predicted molar refractivity (Wildman–Crippen MR) is 71.7 cm³/mol. The molecule has 0 saturated heterocycles. The molecule has 1 aromatic carbocycles. The maximum absolute atomic E-state index is 6.12. The summed E-state index contributed by atoms with van der Waals surface area (Å²) in [6.07, 6.45) is 0. The molecule has 2 rings (SSSR count). The molecule has 3 nitrogen and oxygen atoms in total. The van der Waals surface area contributed by atoms with E-state index in [0.717, 1.165) is 29.6 Å². The summed E-state index contributed by atoms with van der Waals surface area (Å²) in [6.45, 7) is 6.59. The van der Waals surface area contributed by atoms with Crippen LogP contribution in [0.25, 0.3) is 0 Å². The third-order valence-corrected chi connectivity index (χ3v) is 8.13. The SMILES string of the molecule is CC[Si](CC)(CC)OB1Oc2ccccc2O1. The van der Waals surface area contributed by atoms with Gasteiger partial charge in [0.2, 0.25) is 0 Å². The molecule has 0 amide bonds. The van der Waals surface area contributed by atoms with Gasteiger partial charge < -0.3 is 13.7 Å². The van der Waals surface area contributed by atoms with Gasteiger partial charge in [0.25, 0.3) is 0 Å². The van der Waals surface area contributed by atoms with E-state index in [4.69, 9.17) is 13.7 Å². The van der Waals surface area contributed by atoms with Crippen LogP contribution in [0.2, 0.25) is 18.1 Å². The van der Waals surface area contributed by atoms with Crippen molar-refractivity contribution in [1.82, 2.24) is 0 Å². The van der Waals surface area contributed by atoms with Crippen LogP contribution in [0.15, 0.2) is 24.3 Å². The number of fused-ring (bicyclic) bond motifs is 1. The van der Waals surface area contributed by atoms with Gasteiger partial charge in [-0.1, -0.05) is 32.9 Å². The van der Waals surface area contributed by atoms with Gasteiger partial charge in [-0.25, -0.2) is 0 Å². The highest BCUT2D eigenvalue weighted by atomic mass is 28.4. The molecule has 0 fully saturated rings. The first-order valence-electron chi connectivity index (χ1n) is 6.33. The van der Waals surface area contributed by atoms with Crippen molar-refractivity contribution in [3.63, 3.8) is 0 Å².